The quantitative estimate of drug-likeness (QED) is 0.786. The number of rotatable bonds is 4. The second kappa shape index (κ2) is 4.88. The smallest absolute Gasteiger partial charge is 0.129 e. The van der Waals surface area contributed by atoms with Crippen LogP contribution in [0.25, 0.3) is 0 Å². The van der Waals surface area contributed by atoms with E-state index < -0.39 is 0 Å². The fourth-order valence-electron chi connectivity index (χ4n) is 1.26. The predicted octanol–water partition coefficient (Wildman–Crippen LogP) is 3.35. The molecule has 0 bridgehead atoms. The van der Waals surface area contributed by atoms with Crippen LogP contribution in [0.15, 0.2) is 5.38 Å². The van der Waals surface area contributed by atoms with Crippen molar-refractivity contribution in [3.05, 3.63) is 16.1 Å². The minimum absolute atomic E-state index is 0.134. The van der Waals surface area contributed by atoms with Crippen LogP contribution in [0.2, 0.25) is 0 Å². The van der Waals surface area contributed by atoms with Crippen LogP contribution in [-0.4, -0.2) is 10.8 Å². The third kappa shape index (κ3) is 4.12. The molecular formula is C12H19NOS. The second-order valence-electron chi connectivity index (χ2n) is 4.93. The Labute approximate surface area is 95.7 Å². The van der Waals surface area contributed by atoms with E-state index >= 15 is 0 Å². The van der Waals surface area contributed by atoms with Crippen molar-refractivity contribution < 1.29 is 4.79 Å². The molecule has 0 N–H and O–H groups in total. The zero-order valence-electron chi connectivity index (χ0n) is 9.96. The van der Waals surface area contributed by atoms with E-state index in [2.05, 4.69) is 31.1 Å². The van der Waals surface area contributed by atoms with Crippen molar-refractivity contribution in [2.45, 2.75) is 52.4 Å². The average Bonchev–Trinajstić information content (AvgIpc) is 2.51. The molecule has 0 spiro atoms. The topological polar surface area (TPSA) is 30.0 Å². The third-order valence-corrected chi connectivity index (χ3v) is 3.15. The molecule has 1 heterocycles. The molecule has 0 unspecified atom stereocenters. The van der Waals surface area contributed by atoms with Crippen molar-refractivity contribution in [3.63, 3.8) is 0 Å². The lowest BCUT2D eigenvalue weighted by Crippen LogP contribution is -2.11. The van der Waals surface area contributed by atoms with Crippen molar-refractivity contribution in [1.82, 2.24) is 4.98 Å². The molecule has 1 aromatic rings. The predicted molar refractivity (Wildman–Crippen MR) is 64.4 cm³/mol. The van der Waals surface area contributed by atoms with Crippen LogP contribution in [0.1, 0.15) is 51.2 Å². The van der Waals surface area contributed by atoms with Crippen molar-refractivity contribution in [1.29, 1.82) is 0 Å². The maximum absolute atomic E-state index is 10.8. The lowest BCUT2D eigenvalue weighted by molar-refractivity contribution is -0.117. The molecule has 0 fully saturated rings. The summed E-state index contributed by atoms with van der Waals surface area (Å²) in [6, 6.07) is 0. The van der Waals surface area contributed by atoms with Gasteiger partial charge in [-0.05, 0) is 19.8 Å². The molecule has 84 valence electrons. The minimum atomic E-state index is 0.134. The summed E-state index contributed by atoms with van der Waals surface area (Å²) in [5.74, 6) is 0.266. The van der Waals surface area contributed by atoms with Crippen LogP contribution in [-0.2, 0) is 16.6 Å². The van der Waals surface area contributed by atoms with Crippen LogP contribution >= 0.6 is 11.3 Å². The largest absolute Gasteiger partial charge is 0.300 e. The number of Topliss-reactive ketones (excluding diaryl/α,β-unsaturated/α-hetero) is 1. The molecule has 0 aromatic carbocycles. The Morgan fingerprint density at radius 2 is 2.13 bits per heavy atom. The Kier molecular flexibility index (Phi) is 4.03. The summed E-state index contributed by atoms with van der Waals surface area (Å²) in [5, 5.41) is 3.28. The van der Waals surface area contributed by atoms with Gasteiger partial charge in [0.05, 0.1) is 10.7 Å². The molecule has 0 radical (unpaired) electrons. The summed E-state index contributed by atoms with van der Waals surface area (Å²) in [6.07, 6.45) is 2.52. The van der Waals surface area contributed by atoms with E-state index in [-0.39, 0.29) is 11.2 Å². The lowest BCUT2D eigenvalue weighted by Gasteiger charge is -2.14. The Bertz CT molecular complexity index is 336. The highest BCUT2D eigenvalue weighted by molar-refractivity contribution is 7.09. The van der Waals surface area contributed by atoms with Gasteiger partial charge < -0.3 is 4.79 Å². The average molecular weight is 225 g/mol. The first-order valence-corrected chi connectivity index (χ1v) is 6.22. The van der Waals surface area contributed by atoms with Gasteiger partial charge in [-0.25, -0.2) is 4.98 Å². The standard InChI is InChI=1S/C12H19NOS/c1-9(14)6-5-7-11-13-10(8-15-11)12(2,3)4/h8H,5-7H2,1-4H3. The number of thiazole rings is 1. The first-order valence-electron chi connectivity index (χ1n) is 5.34. The molecule has 0 aliphatic heterocycles. The number of hydrogen-bond acceptors (Lipinski definition) is 3. The number of hydrogen-bond donors (Lipinski definition) is 0. The van der Waals surface area contributed by atoms with Crippen LogP contribution in [0.3, 0.4) is 0 Å². The van der Waals surface area contributed by atoms with Crippen LogP contribution in [0, 0.1) is 0 Å². The van der Waals surface area contributed by atoms with E-state index in [1.165, 1.54) is 0 Å². The van der Waals surface area contributed by atoms with Gasteiger partial charge in [0.15, 0.2) is 0 Å². The number of carbonyl (C=O) groups is 1. The van der Waals surface area contributed by atoms with E-state index in [0.717, 1.165) is 23.5 Å². The van der Waals surface area contributed by atoms with E-state index in [4.69, 9.17) is 0 Å². The fourth-order valence-corrected chi connectivity index (χ4v) is 2.33. The van der Waals surface area contributed by atoms with Crippen LogP contribution in [0.4, 0.5) is 0 Å². The van der Waals surface area contributed by atoms with Gasteiger partial charge in [-0.1, -0.05) is 20.8 Å². The van der Waals surface area contributed by atoms with Crippen molar-refractivity contribution in [3.8, 4) is 0 Å². The highest BCUT2D eigenvalue weighted by atomic mass is 32.1. The first-order chi connectivity index (χ1) is 6.89. The Morgan fingerprint density at radius 3 is 2.60 bits per heavy atom. The SMILES string of the molecule is CC(=O)CCCc1nc(C(C)(C)C)cs1. The normalized spacial score (nSPS) is 11.7. The molecule has 0 saturated carbocycles. The molecule has 1 rings (SSSR count). The third-order valence-electron chi connectivity index (χ3n) is 2.24. The maximum atomic E-state index is 10.8. The molecule has 0 amide bonds. The van der Waals surface area contributed by atoms with Gasteiger partial charge in [0.25, 0.3) is 0 Å². The second-order valence-corrected chi connectivity index (χ2v) is 5.87. The number of nitrogens with zero attached hydrogens (tertiary/aromatic N) is 1. The van der Waals surface area contributed by atoms with E-state index in [9.17, 15) is 4.79 Å². The zero-order chi connectivity index (χ0) is 11.5. The van der Waals surface area contributed by atoms with Gasteiger partial charge in [0.1, 0.15) is 5.78 Å². The Hall–Kier alpha value is -0.700. The molecular weight excluding hydrogens is 206 g/mol. The summed E-state index contributed by atoms with van der Waals surface area (Å²) < 4.78 is 0. The maximum Gasteiger partial charge on any atom is 0.129 e. The molecule has 2 nitrogen and oxygen atoms in total. The summed E-state index contributed by atoms with van der Waals surface area (Å²) in [4.78, 5) is 15.4. The van der Waals surface area contributed by atoms with Crippen molar-refractivity contribution in [2.75, 3.05) is 0 Å². The van der Waals surface area contributed by atoms with Gasteiger partial charge in [-0.15, -0.1) is 11.3 Å². The molecule has 15 heavy (non-hydrogen) atoms. The van der Waals surface area contributed by atoms with Crippen LogP contribution < -0.4 is 0 Å². The highest BCUT2D eigenvalue weighted by Crippen LogP contribution is 2.24. The van der Waals surface area contributed by atoms with E-state index in [1.54, 1.807) is 18.3 Å². The molecule has 0 atom stereocenters. The molecule has 1 aromatic heterocycles. The summed E-state index contributed by atoms with van der Waals surface area (Å²) in [5.41, 5.74) is 1.29. The molecule has 3 heteroatoms. The van der Waals surface area contributed by atoms with Crippen molar-refractivity contribution >= 4 is 17.1 Å². The molecule has 0 aliphatic carbocycles. The number of carbonyl (C=O) groups excluding carboxylic acids is 1. The molecule has 0 aliphatic rings. The lowest BCUT2D eigenvalue weighted by atomic mass is 9.93. The Balaban J connectivity index is 2.50. The summed E-state index contributed by atoms with van der Waals surface area (Å²) >= 11 is 1.71. The Morgan fingerprint density at radius 1 is 1.47 bits per heavy atom. The van der Waals surface area contributed by atoms with Crippen LogP contribution in [0.5, 0.6) is 0 Å². The zero-order valence-corrected chi connectivity index (χ0v) is 10.8. The van der Waals surface area contributed by atoms with Gasteiger partial charge >= 0.3 is 0 Å². The van der Waals surface area contributed by atoms with E-state index in [1.807, 2.05) is 0 Å². The van der Waals surface area contributed by atoms with Gasteiger partial charge in [-0.2, -0.15) is 0 Å². The minimum Gasteiger partial charge on any atom is -0.300 e. The highest BCUT2D eigenvalue weighted by Gasteiger charge is 2.17. The van der Waals surface area contributed by atoms with Gasteiger partial charge in [0.2, 0.25) is 0 Å². The monoisotopic (exact) mass is 225 g/mol. The summed E-state index contributed by atoms with van der Waals surface area (Å²) in [7, 11) is 0. The van der Waals surface area contributed by atoms with E-state index in [0.29, 0.717) is 6.42 Å². The number of aryl methyl sites for hydroxylation is 1. The fraction of sp³-hybridized carbons (Fsp3) is 0.667. The summed E-state index contributed by atoms with van der Waals surface area (Å²) in [6.45, 7) is 8.15. The number of aromatic nitrogens is 1. The van der Waals surface area contributed by atoms with Gasteiger partial charge in [-0.3, -0.25) is 0 Å². The number of ketones is 1. The molecule has 0 saturated heterocycles. The van der Waals surface area contributed by atoms with Crippen molar-refractivity contribution in [2.24, 2.45) is 0 Å². The van der Waals surface area contributed by atoms with Gasteiger partial charge in [0, 0.05) is 17.2 Å². The first kappa shape index (κ1) is 12.4.